The summed E-state index contributed by atoms with van der Waals surface area (Å²) in [6.45, 7) is 0. The van der Waals surface area contributed by atoms with E-state index in [-0.39, 0.29) is 5.75 Å². The Bertz CT molecular complexity index is 645. The van der Waals surface area contributed by atoms with Gasteiger partial charge in [-0.15, -0.1) is 11.3 Å². The number of thiophene rings is 1. The van der Waals surface area contributed by atoms with Crippen LogP contribution in [-0.4, -0.2) is 14.5 Å². The zero-order valence-corrected chi connectivity index (χ0v) is 10.5. The van der Waals surface area contributed by atoms with Crippen molar-refractivity contribution < 1.29 is 5.11 Å². The highest BCUT2D eigenvalue weighted by Crippen LogP contribution is 2.32. The molecule has 0 atom stereocenters. The molecule has 80 valence electrons. The SMILES string of the molecule is Oc1cccn2c(-c3cccs3)nc(Br)c12. The first kappa shape index (κ1) is 9.86. The van der Waals surface area contributed by atoms with Gasteiger partial charge in [-0.1, -0.05) is 6.07 Å². The molecular formula is C11H7BrN2OS. The summed E-state index contributed by atoms with van der Waals surface area (Å²) in [7, 11) is 0. The van der Waals surface area contributed by atoms with Gasteiger partial charge >= 0.3 is 0 Å². The van der Waals surface area contributed by atoms with Crippen molar-refractivity contribution in [3.8, 4) is 16.5 Å². The standard InChI is InChI=1S/C11H7BrN2OS/c12-10-9-7(15)3-1-5-14(9)11(13-10)8-4-2-6-16-8/h1-6,15H. The lowest BCUT2D eigenvalue weighted by Gasteiger charge is -1.99. The fourth-order valence-corrected chi connectivity index (χ4v) is 2.93. The summed E-state index contributed by atoms with van der Waals surface area (Å²) in [5.41, 5.74) is 0.700. The molecular weight excluding hydrogens is 288 g/mol. The van der Waals surface area contributed by atoms with Crippen molar-refractivity contribution in [3.63, 3.8) is 0 Å². The maximum absolute atomic E-state index is 9.78. The molecule has 3 heterocycles. The van der Waals surface area contributed by atoms with Crippen LogP contribution in [0.4, 0.5) is 0 Å². The van der Waals surface area contributed by atoms with Crippen molar-refractivity contribution in [1.82, 2.24) is 9.38 Å². The molecule has 1 N–H and O–H groups in total. The monoisotopic (exact) mass is 294 g/mol. The van der Waals surface area contributed by atoms with E-state index in [1.54, 1.807) is 23.5 Å². The van der Waals surface area contributed by atoms with Crippen LogP contribution < -0.4 is 0 Å². The molecule has 0 radical (unpaired) electrons. The van der Waals surface area contributed by atoms with Crippen molar-refractivity contribution in [2.75, 3.05) is 0 Å². The highest BCUT2D eigenvalue weighted by molar-refractivity contribution is 9.10. The van der Waals surface area contributed by atoms with Crippen molar-refractivity contribution in [2.24, 2.45) is 0 Å². The predicted octanol–water partition coefficient (Wildman–Crippen LogP) is 3.53. The molecule has 0 bridgehead atoms. The van der Waals surface area contributed by atoms with Crippen molar-refractivity contribution in [1.29, 1.82) is 0 Å². The lowest BCUT2D eigenvalue weighted by molar-refractivity contribution is 0.479. The average Bonchev–Trinajstić information content (AvgIpc) is 2.86. The Balaban J connectivity index is 2.40. The van der Waals surface area contributed by atoms with Crippen LogP contribution in [0.2, 0.25) is 0 Å². The van der Waals surface area contributed by atoms with Crippen LogP contribution >= 0.6 is 27.3 Å². The molecule has 0 fully saturated rings. The van der Waals surface area contributed by atoms with Crippen LogP contribution in [0, 0.1) is 0 Å². The highest BCUT2D eigenvalue weighted by atomic mass is 79.9. The quantitative estimate of drug-likeness (QED) is 0.745. The number of pyridine rings is 1. The van der Waals surface area contributed by atoms with Crippen LogP contribution in [-0.2, 0) is 0 Å². The molecule has 16 heavy (non-hydrogen) atoms. The van der Waals surface area contributed by atoms with Gasteiger partial charge in [-0.25, -0.2) is 4.98 Å². The molecule has 0 aromatic carbocycles. The van der Waals surface area contributed by atoms with E-state index in [9.17, 15) is 5.11 Å². The number of fused-ring (bicyclic) bond motifs is 1. The molecule has 5 heteroatoms. The molecule has 0 amide bonds. The lowest BCUT2D eigenvalue weighted by atomic mass is 10.4. The maximum atomic E-state index is 9.78. The second-order valence-corrected chi connectivity index (χ2v) is 5.01. The summed E-state index contributed by atoms with van der Waals surface area (Å²) in [6, 6.07) is 7.45. The van der Waals surface area contributed by atoms with Gasteiger partial charge in [0.05, 0.1) is 4.88 Å². The zero-order chi connectivity index (χ0) is 11.1. The van der Waals surface area contributed by atoms with Crippen LogP contribution in [0.3, 0.4) is 0 Å². The van der Waals surface area contributed by atoms with E-state index in [1.165, 1.54) is 0 Å². The van der Waals surface area contributed by atoms with E-state index >= 15 is 0 Å². The molecule has 3 aromatic rings. The first-order chi connectivity index (χ1) is 7.77. The summed E-state index contributed by atoms with van der Waals surface area (Å²) in [5.74, 6) is 1.07. The van der Waals surface area contributed by atoms with Crippen LogP contribution in [0.15, 0.2) is 40.4 Å². The number of hydrogen-bond donors (Lipinski definition) is 1. The van der Waals surface area contributed by atoms with Crippen molar-refractivity contribution in [3.05, 3.63) is 40.4 Å². The smallest absolute Gasteiger partial charge is 0.156 e. The minimum absolute atomic E-state index is 0.227. The normalized spacial score (nSPS) is 11.1. The molecule has 0 spiro atoms. The number of nitrogens with zero attached hydrogens (tertiary/aromatic N) is 2. The van der Waals surface area contributed by atoms with Crippen molar-refractivity contribution in [2.45, 2.75) is 0 Å². The Hall–Kier alpha value is -1.33. The van der Waals surface area contributed by atoms with Gasteiger partial charge in [0, 0.05) is 6.20 Å². The largest absolute Gasteiger partial charge is 0.506 e. The van der Waals surface area contributed by atoms with Crippen LogP contribution in [0.25, 0.3) is 16.2 Å². The van der Waals surface area contributed by atoms with Gasteiger partial charge in [0.1, 0.15) is 15.9 Å². The third-order valence-electron chi connectivity index (χ3n) is 2.34. The van der Waals surface area contributed by atoms with Crippen LogP contribution in [0.5, 0.6) is 5.75 Å². The molecule has 0 saturated carbocycles. The Labute approximate surface area is 104 Å². The number of halogens is 1. The molecule has 3 rings (SSSR count). The Morgan fingerprint density at radius 3 is 2.94 bits per heavy atom. The fraction of sp³-hybridized carbons (Fsp3) is 0. The number of rotatable bonds is 1. The van der Waals surface area contributed by atoms with Crippen molar-refractivity contribution >= 4 is 32.8 Å². The lowest BCUT2D eigenvalue weighted by Crippen LogP contribution is -1.86. The third-order valence-corrected chi connectivity index (χ3v) is 3.76. The summed E-state index contributed by atoms with van der Waals surface area (Å²) >= 11 is 4.99. The summed E-state index contributed by atoms with van der Waals surface area (Å²) in [6.07, 6.45) is 1.89. The van der Waals surface area contributed by atoms with Gasteiger partial charge in [-0.2, -0.15) is 0 Å². The van der Waals surface area contributed by atoms with E-state index in [2.05, 4.69) is 20.9 Å². The third kappa shape index (κ3) is 1.36. The fourth-order valence-electron chi connectivity index (χ4n) is 1.66. The maximum Gasteiger partial charge on any atom is 0.156 e. The van der Waals surface area contributed by atoms with Gasteiger partial charge in [0.2, 0.25) is 0 Å². The first-order valence-corrected chi connectivity index (χ1v) is 6.34. The molecule has 3 nitrogen and oxygen atoms in total. The van der Waals surface area contributed by atoms with Gasteiger partial charge in [-0.3, -0.25) is 4.40 Å². The zero-order valence-electron chi connectivity index (χ0n) is 8.09. The van der Waals surface area contributed by atoms with Gasteiger partial charge < -0.3 is 5.11 Å². The Morgan fingerprint density at radius 2 is 2.19 bits per heavy atom. The second-order valence-electron chi connectivity index (χ2n) is 3.32. The Kier molecular flexibility index (Phi) is 2.22. The molecule has 0 aliphatic rings. The number of hydrogen-bond acceptors (Lipinski definition) is 3. The van der Waals surface area contributed by atoms with E-state index in [0.717, 1.165) is 10.7 Å². The molecule has 0 unspecified atom stereocenters. The first-order valence-electron chi connectivity index (χ1n) is 4.67. The van der Waals surface area contributed by atoms with E-state index in [0.29, 0.717) is 10.1 Å². The Morgan fingerprint density at radius 1 is 1.31 bits per heavy atom. The van der Waals surface area contributed by atoms with Crippen LogP contribution in [0.1, 0.15) is 0 Å². The minimum atomic E-state index is 0.227. The number of imidazole rings is 1. The second kappa shape index (κ2) is 3.61. The number of aromatic nitrogens is 2. The average molecular weight is 295 g/mol. The molecule has 0 aliphatic carbocycles. The molecule has 0 aliphatic heterocycles. The van der Waals surface area contributed by atoms with Gasteiger partial charge in [0.25, 0.3) is 0 Å². The highest BCUT2D eigenvalue weighted by Gasteiger charge is 2.13. The van der Waals surface area contributed by atoms with Gasteiger partial charge in [0.15, 0.2) is 5.82 Å². The van der Waals surface area contributed by atoms with Gasteiger partial charge in [-0.05, 0) is 39.5 Å². The van der Waals surface area contributed by atoms with E-state index in [1.807, 2.05) is 28.1 Å². The van der Waals surface area contributed by atoms with E-state index < -0.39 is 0 Å². The summed E-state index contributed by atoms with van der Waals surface area (Å²) in [5, 5.41) is 11.8. The molecule has 3 aromatic heterocycles. The molecule has 0 saturated heterocycles. The minimum Gasteiger partial charge on any atom is -0.506 e. The summed E-state index contributed by atoms with van der Waals surface area (Å²) in [4.78, 5) is 5.50. The summed E-state index contributed by atoms with van der Waals surface area (Å²) < 4.78 is 2.54. The predicted molar refractivity (Wildman–Crippen MR) is 67.9 cm³/mol. The van der Waals surface area contributed by atoms with E-state index in [4.69, 9.17) is 0 Å². The topological polar surface area (TPSA) is 37.5 Å². The number of aromatic hydroxyl groups is 1.